The van der Waals surface area contributed by atoms with E-state index >= 15 is 0 Å². The van der Waals surface area contributed by atoms with Crippen LogP contribution in [0.2, 0.25) is 5.02 Å². The van der Waals surface area contributed by atoms with E-state index in [4.69, 9.17) is 26.8 Å². The van der Waals surface area contributed by atoms with Gasteiger partial charge in [-0.15, -0.1) is 0 Å². The van der Waals surface area contributed by atoms with Gasteiger partial charge in [-0.05, 0) is 39.3 Å². The van der Waals surface area contributed by atoms with Crippen molar-refractivity contribution in [1.29, 1.82) is 0 Å². The molecule has 0 spiro atoms. The molecular formula is C22H27ClFN7O2. The SMILES string of the molecule is CC1(C)OC[C@](N)(CN2CCC[C@H](Nc3nc(-c4c[nH]c5ncc(Cl)cc45)ncc3F)C2)O1. The molecule has 9 nitrogen and oxygen atoms in total. The minimum atomic E-state index is -0.858. The highest BCUT2D eigenvalue weighted by Gasteiger charge is 2.44. The Morgan fingerprint density at radius 3 is 3.00 bits per heavy atom. The Labute approximate surface area is 195 Å². The molecule has 5 rings (SSSR count). The van der Waals surface area contributed by atoms with Crippen molar-refractivity contribution in [2.45, 2.75) is 44.2 Å². The van der Waals surface area contributed by atoms with E-state index in [0.29, 0.717) is 41.8 Å². The average Bonchev–Trinajstić information content (AvgIpc) is 3.29. The van der Waals surface area contributed by atoms with Crippen molar-refractivity contribution in [2.75, 3.05) is 31.6 Å². The van der Waals surface area contributed by atoms with Crippen LogP contribution in [0, 0.1) is 5.82 Å². The summed E-state index contributed by atoms with van der Waals surface area (Å²) in [6.45, 7) is 6.16. The molecule has 0 unspecified atom stereocenters. The van der Waals surface area contributed by atoms with E-state index in [1.54, 1.807) is 18.5 Å². The van der Waals surface area contributed by atoms with Gasteiger partial charge in [0.15, 0.2) is 29.0 Å². The fourth-order valence-corrected chi connectivity index (χ4v) is 4.73. The molecule has 0 bridgehead atoms. The summed E-state index contributed by atoms with van der Waals surface area (Å²) in [7, 11) is 0. The van der Waals surface area contributed by atoms with Gasteiger partial charge in [-0.1, -0.05) is 11.6 Å². The van der Waals surface area contributed by atoms with E-state index in [1.165, 1.54) is 6.20 Å². The summed E-state index contributed by atoms with van der Waals surface area (Å²) in [4.78, 5) is 18.2. The lowest BCUT2D eigenvalue weighted by atomic mass is 10.0. The van der Waals surface area contributed by atoms with Crippen LogP contribution in [-0.2, 0) is 9.47 Å². The number of piperidine rings is 1. The molecule has 3 aromatic rings. The molecule has 0 aliphatic carbocycles. The molecule has 4 N–H and O–H groups in total. The Morgan fingerprint density at radius 2 is 2.21 bits per heavy atom. The molecule has 0 radical (unpaired) electrons. The number of anilines is 1. The molecule has 0 amide bonds. The fraction of sp³-hybridized carbons (Fsp3) is 0.500. The largest absolute Gasteiger partial charge is 0.363 e. The van der Waals surface area contributed by atoms with Crippen molar-refractivity contribution in [3.8, 4) is 11.4 Å². The van der Waals surface area contributed by atoms with Gasteiger partial charge < -0.3 is 25.5 Å². The number of ether oxygens (including phenoxy) is 2. The number of likely N-dealkylation sites (tertiary alicyclic amines) is 1. The van der Waals surface area contributed by atoms with Crippen LogP contribution in [0.1, 0.15) is 26.7 Å². The summed E-state index contributed by atoms with van der Waals surface area (Å²) in [6, 6.07) is 1.79. The molecule has 2 aliphatic heterocycles. The molecule has 11 heteroatoms. The van der Waals surface area contributed by atoms with Gasteiger partial charge in [-0.25, -0.2) is 19.3 Å². The number of H-pyrrole nitrogens is 1. The van der Waals surface area contributed by atoms with Gasteiger partial charge in [0.1, 0.15) is 5.65 Å². The summed E-state index contributed by atoms with van der Waals surface area (Å²) in [6.07, 6.45) is 6.33. The fourth-order valence-electron chi connectivity index (χ4n) is 4.57. The third-order valence-electron chi connectivity index (χ3n) is 5.93. The quantitative estimate of drug-likeness (QED) is 0.515. The van der Waals surface area contributed by atoms with Crippen LogP contribution >= 0.6 is 11.6 Å². The van der Waals surface area contributed by atoms with Crippen molar-refractivity contribution >= 4 is 28.5 Å². The molecule has 2 saturated heterocycles. The highest BCUT2D eigenvalue weighted by Crippen LogP contribution is 2.30. The molecule has 2 aliphatic rings. The normalized spacial score (nSPS) is 25.5. The first kappa shape index (κ1) is 22.4. The molecule has 0 aromatic carbocycles. The van der Waals surface area contributed by atoms with Gasteiger partial charge in [-0.2, -0.15) is 0 Å². The summed E-state index contributed by atoms with van der Waals surface area (Å²) < 4.78 is 26.2. The summed E-state index contributed by atoms with van der Waals surface area (Å²) in [5.74, 6) is -0.636. The minimum Gasteiger partial charge on any atom is -0.363 e. The zero-order chi connectivity index (χ0) is 23.2. The summed E-state index contributed by atoms with van der Waals surface area (Å²) in [5, 5.41) is 4.54. The van der Waals surface area contributed by atoms with Crippen molar-refractivity contribution in [3.63, 3.8) is 0 Å². The van der Waals surface area contributed by atoms with Crippen LogP contribution in [-0.4, -0.2) is 68.6 Å². The van der Waals surface area contributed by atoms with E-state index in [1.807, 2.05) is 13.8 Å². The lowest BCUT2D eigenvalue weighted by molar-refractivity contribution is -0.164. The Hall–Kier alpha value is -2.37. The lowest BCUT2D eigenvalue weighted by Crippen LogP contribution is -2.56. The predicted octanol–water partition coefficient (Wildman–Crippen LogP) is 3.13. The number of halogens is 2. The highest BCUT2D eigenvalue weighted by molar-refractivity contribution is 6.31. The Bertz CT molecular complexity index is 1170. The highest BCUT2D eigenvalue weighted by atomic mass is 35.5. The summed E-state index contributed by atoms with van der Waals surface area (Å²) in [5.41, 5.74) is 6.92. The van der Waals surface area contributed by atoms with E-state index in [-0.39, 0.29) is 11.9 Å². The van der Waals surface area contributed by atoms with Gasteiger partial charge in [0.05, 0.1) is 17.8 Å². The van der Waals surface area contributed by atoms with Gasteiger partial charge in [0.2, 0.25) is 0 Å². The maximum Gasteiger partial charge on any atom is 0.183 e. The third kappa shape index (κ3) is 4.80. The maximum absolute atomic E-state index is 14.6. The number of nitrogens with zero attached hydrogens (tertiary/aromatic N) is 4. The molecule has 2 fully saturated rings. The summed E-state index contributed by atoms with van der Waals surface area (Å²) >= 11 is 6.10. The molecule has 5 heterocycles. The van der Waals surface area contributed by atoms with E-state index in [0.717, 1.165) is 24.8 Å². The zero-order valence-electron chi connectivity index (χ0n) is 18.6. The molecule has 176 valence electrons. The van der Waals surface area contributed by atoms with Crippen molar-refractivity contribution in [1.82, 2.24) is 24.8 Å². The molecule has 0 saturated carbocycles. The number of aromatic amines is 1. The second-order valence-corrected chi connectivity index (χ2v) is 9.65. The second kappa shape index (κ2) is 8.44. The van der Waals surface area contributed by atoms with Gasteiger partial charge in [0.25, 0.3) is 0 Å². The van der Waals surface area contributed by atoms with Crippen molar-refractivity contribution in [2.24, 2.45) is 5.73 Å². The van der Waals surface area contributed by atoms with Crippen molar-refractivity contribution in [3.05, 3.63) is 35.5 Å². The van der Waals surface area contributed by atoms with Gasteiger partial charge >= 0.3 is 0 Å². The third-order valence-corrected chi connectivity index (χ3v) is 6.14. The zero-order valence-corrected chi connectivity index (χ0v) is 19.3. The number of hydrogen-bond donors (Lipinski definition) is 3. The Morgan fingerprint density at radius 1 is 1.36 bits per heavy atom. The van der Waals surface area contributed by atoms with Crippen LogP contribution in [0.3, 0.4) is 0 Å². The average molecular weight is 476 g/mol. The van der Waals surface area contributed by atoms with Gasteiger partial charge in [0, 0.05) is 42.5 Å². The first-order valence-electron chi connectivity index (χ1n) is 11.0. The number of pyridine rings is 1. The van der Waals surface area contributed by atoms with Gasteiger partial charge in [-0.3, -0.25) is 4.90 Å². The molecular weight excluding hydrogens is 449 g/mol. The van der Waals surface area contributed by atoms with E-state index in [9.17, 15) is 4.39 Å². The molecule has 3 aromatic heterocycles. The number of hydrogen-bond acceptors (Lipinski definition) is 8. The Balaban J connectivity index is 1.31. The van der Waals surface area contributed by atoms with Crippen LogP contribution < -0.4 is 11.1 Å². The van der Waals surface area contributed by atoms with Crippen LogP contribution in [0.4, 0.5) is 10.2 Å². The molecule has 33 heavy (non-hydrogen) atoms. The number of aromatic nitrogens is 4. The second-order valence-electron chi connectivity index (χ2n) is 9.22. The van der Waals surface area contributed by atoms with E-state index < -0.39 is 17.3 Å². The van der Waals surface area contributed by atoms with Crippen LogP contribution in [0.15, 0.2) is 24.7 Å². The number of rotatable bonds is 5. The first-order valence-corrected chi connectivity index (χ1v) is 11.3. The van der Waals surface area contributed by atoms with Crippen LogP contribution in [0.5, 0.6) is 0 Å². The lowest BCUT2D eigenvalue weighted by Gasteiger charge is -2.37. The standard InChI is InChI=1S/C22H27ClFN7O2/c1-21(2)32-12-22(25,33-21)11-31-5-3-4-14(10-31)29-20-17(24)9-28-19(30-20)16-8-27-18-15(16)6-13(23)7-26-18/h6-9,14H,3-5,10-12,25H2,1-2H3,(H,26,27)(H,28,29,30)/t14-,22-/m0/s1. The topological polar surface area (TPSA) is 114 Å². The number of nitrogens with one attached hydrogen (secondary N) is 2. The Kier molecular flexibility index (Phi) is 5.74. The molecule has 2 atom stereocenters. The minimum absolute atomic E-state index is 0.00834. The number of fused-ring (bicyclic) bond motifs is 1. The van der Waals surface area contributed by atoms with E-state index in [2.05, 4.69) is 30.2 Å². The van der Waals surface area contributed by atoms with Crippen LogP contribution in [0.25, 0.3) is 22.4 Å². The monoisotopic (exact) mass is 475 g/mol. The smallest absolute Gasteiger partial charge is 0.183 e. The maximum atomic E-state index is 14.6. The first-order chi connectivity index (χ1) is 15.7. The number of nitrogens with two attached hydrogens (primary N) is 1. The predicted molar refractivity (Wildman–Crippen MR) is 123 cm³/mol. The van der Waals surface area contributed by atoms with Crippen molar-refractivity contribution < 1.29 is 13.9 Å².